The average Bonchev–Trinajstić information content (AvgIpc) is 1.84. The van der Waals surface area contributed by atoms with E-state index in [1.165, 1.54) is 25.7 Å². The van der Waals surface area contributed by atoms with E-state index >= 15 is 0 Å². The van der Waals surface area contributed by atoms with Gasteiger partial charge in [-0.1, -0.05) is 23.3 Å². The standard InChI is InChI=1S/C10H16/c1-9-5-3-7-10(2)8-4-6-9/h5,8H,3-4,6-7H2,1-2H3. The number of hydrogen-bond acceptors (Lipinski definition) is 0. The molecule has 1 aliphatic carbocycles. The predicted molar refractivity (Wildman–Crippen MR) is 46.0 cm³/mol. The van der Waals surface area contributed by atoms with Gasteiger partial charge in [-0.2, -0.15) is 0 Å². The molecule has 0 heteroatoms. The molecule has 0 nitrogen and oxygen atoms in total. The highest BCUT2D eigenvalue weighted by molar-refractivity contribution is 5.08. The van der Waals surface area contributed by atoms with Crippen LogP contribution in [0.4, 0.5) is 0 Å². The molecule has 0 atom stereocenters. The van der Waals surface area contributed by atoms with Crippen LogP contribution in [0.5, 0.6) is 0 Å². The summed E-state index contributed by atoms with van der Waals surface area (Å²) in [6.45, 7) is 4.46. The first-order valence-electron chi connectivity index (χ1n) is 4.10. The molecule has 0 bridgehead atoms. The predicted octanol–water partition coefficient (Wildman–Crippen LogP) is 3.45. The molecule has 0 saturated carbocycles. The van der Waals surface area contributed by atoms with Crippen LogP contribution in [0.15, 0.2) is 23.3 Å². The van der Waals surface area contributed by atoms with E-state index < -0.39 is 0 Å². The highest BCUT2D eigenvalue weighted by atomic mass is 14.0. The molecule has 0 N–H and O–H groups in total. The van der Waals surface area contributed by atoms with Crippen LogP contribution in [-0.4, -0.2) is 0 Å². The van der Waals surface area contributed by atoms with E-state index in [1.54, 1.807) is 11.1 Å². The smallest absolute Gasteiger partial charge is 0.0288 e. The molecule has 0 aromatic rings. The molecule has 0 radical (unpaired) electrons. The molecular formula is C10H16. The zero-order valence-electron chi connectivity index (χ0n) is 6.98. The third-order valence-corrected chi connectivity index (χ3v) is 2.06. The monoisotopic (exact) mass is 136 g/mol. The second kappa shape index (κ2) is 3.60. The van der Waals surface area contributed by atoms with Gasteiger partial charge >= 0.3 is 0 Å². The molecule has 0 unspecified atom stereocenters. The van der Waals surface area contributed by atoms with Gasteiger partial charge in [-0.15, -0.1) is 0 Å². The highest BCUT2D eigenvalue weighted by Crippen LogP contribution is 2.15. The van der Waals surface area contributed by atoms with Gasteiger partial charge in [0.05, 0.1) is 0 Å². The summed E-state index contributed by atoms with van der Waals surface area (Å²) < 4.78 is 0. The van der Waals surface area contributed by atoms with Gasteiger partial charge in [-0.3, -0.25) is 0 Å². The molecule has 0 spiro atoms. The summed E-state index contributed by atoms with van der Waals surface area (Å²) in [4.78, 5) is 0. The van der Waals surface area contributed by atoms with E-state index in [1.807, 2.05) is 0 Å². The molecule has 56 valence electrons. The second-order valence-electron chi connectivity index (χ2n) is 3.18. The Labute approximate surface area is 63.6 Å². The highest BCUT2D eigenvalue weighted by Gasteiger charge is 1.95. The Morgan fingerprint density at radius 1 is 0.900 bits per heavy atom. The molecule has 0 amide bonds. The minimum Gasteiger partial charge on any atom is -0.0853 e. The Bertz CT molecular complexity index is 141. The number of rotatable bonds is 0. The molecule has 1 aliphatic rings. The zero-order valence-corrected chi connectivity index (χ0v) is 6.98. The fourth-order valence-corrected chi connectivity index (χ4v) is 1.30. The lowest BCUT2D eigenvalue weighted by atomic mass is 10.0. The topological polar surface area (TPSA) is 0 Å². The van der Waals surface area contributed by atoms with E-state index in [2.05, 4.69) is 26.0 Å². The lowest BCUT2D eigenvalue weighted by Gasteiger charge is -2.05. The first-order valence-corrected chi connectivity index (χ1v) is 4.10. The number of hydrogen-bond donors (Lipinski definition) is 0. The fraction of sp³-hybridized carbons (Fsp3) is 0.600. The summed E-state index contributed by atoms with van der Waals surface area (Å²) in [5.74, 6) is 0. The fourth-order valence-electron chi connectivity index (χ4n) is 1.30. The molecular weight excluding hydrogens is 120 g/mol. The minimum absolute atomic E-state index is 1.24. The van der Waals surface area contributed by atoms with Crippen molar-refractivity contribution in [3.05, 3.63) is 23.3 Å². The summed E-state index contributed by atoms with van der Waals surface area (Å²) in [6.07, 6.45) is 9.75. The quantitative estimate of drug-likeness (QED) is 0.447. The minimum atomic E-state index is 1.24. The maximum atomic E-state index is 2.37. The molecule has 0 aliphatic heterocycles. The van der Waals surface area contributed by atoms with E-state index in [4.69, 9.17) is 0 Å². The molecule has 0 aromatic heterocycles. The van der Waals surface area contributed by atoms with Gasteiger partial charge in [0.15, 0.2) is 0 Å². The third-order valence-electron chi connectivity index (χ3n) is 2.06. The maximum Gasteiger partial charge on any atom is -0.0288 e. The van der Waals surface area contributed by atoms with Crippen LogP contribution >= 0.6 is 0 Å². The van der Waals surface area contributed by atoms with Crippen molar-refractivity contribution in [2.24, 2.45) is 0 Å². The van der Waals surface area contributed by atoms with Gasteiger partial charge in [0, 0.05) is 0 Å². The van der Waals surface area contributed by atoms with Crippen molar-refractivity contribution in [1.29, 1.82) is 0 Å². The Kier molecular flexibility index (Phi) is 2.73. The Morgan fingerprint density at radius 2 is 1.30 bits per heavy atom. The summed E-state index contributed by atoms with van der Waals surface area (Å²) in [7, 11) is 0. The largest absolute Gasteiger partial charge is 0.0853 e. The van der Waals surface area contributed by atoms with Crippen molar-refractivity contribution in [2.45, 2.75) is 39.5 Å². The van der Waals surface area contributed by atoms with Crippen molar-refractivity contribution in [3.63, 3.8) is 0 Å². The van der Waals surface area contributed by atoms with E-state index in [-0.39, 0.29) is 0 Å². The lowest BCUT2D eigenvalue weighted by Crippen LogP contribution is -1.84. The molecule has 0 heterocycles. The molecule has 10 heavy (non-hydrogen) atoms. The summed E-state index contributed by atoms with van der Waals surface area (Å²) in [6, 6.07) is 0. The first-order chi connectivity index (χ1) is 4.79. The van der Waals surface area contributed by atoms with Crippen molar-refractivity contribution in [3.8, 4) is 0 Å². The van der Waals surface area contributed by atoms with Crippen molar-refractivity contribution >= 4 is 0 Å². The molecule has 0 aromatic carbocycles. The Balaban J connectivity index is 2.48. The molecule has 0 saturated heterocycles. The van der Waals surface area contributed by atoms with Gasteiger partial charge in [0.1, 0.15) is 0 Å². The molecule has 1 rings (SSSR count). The SMILES string of the molecule is CC1=CCCC(C)=CCC1. The summed E-state index contributed by atoms with van der Waals surface area (Å²) >= 11 is 0. The Morgan fingerprint density at radius 3 is 1.70 bits per heavy atom. The van der Waals surface area contributed by atoms with Crippen LogP contribution < -0.4 is 0 Å². The normalized spacial score (nSPS) is 20.6. The van der Waals surface area contributed by atoms with Crippen LogP contribution in [0.25, 0.3) is 0 Å². The van der Waals surface area contributed by atoms with Gasteiger partial charge in [-0.05, 0) is 39.5 Å². The first kappa shape index (κ1) is 7.59. The van der Waals surface area contributed by atoms with Crippen molar-refractivity contribution in [2.75, 3.05) is 0 Å². The van der Waals surface area contributed by atoms with E-state index in [0.29, 0.717) is 0 Å². The van der Waals surface area contributed by atoms with Crippen LogP contribution in [0.2, 0.25) is 0 Å². The van der Waals surface area contributed by atoms with Gasteiger partial charge in [0.2, 0.25) is 0 Å². The van der Waals surface area contributed by atoms with Crippen LogP contribution in [0.3, 0.4) is 0 Å². The third kappa shape index (κ3) is 2.38. The van der Waals surface area contributed by atoms with Gasteiger partial charge in [0.25, 0.3) is 0 Å². The van der Waals surface area contributed by atoms with Gasteiger partial charge < -0.3 is 0 Å². The van der Waals surface area contributed by atoms with Crippen LogP contribution in [0, 0.1) is 0 Å². The van der Waals surface area contributed by atoms with Crippen molar-refractivity contribution in [1.82, 2.24) is 0 Å². The average molecular weight is 136 g/mol. The van der Waals surface area contributed by atoms with E-state index in [9.17, 15) is 0 Å². The maximum absolute atomic E-state index is 2.37. The van der Waals surface area contributed by atoms with Crippen molar-refractivity contribution < 1.29 is 0 Å². The zero-order chi connectivity index (χ0) is 7.40. The Hall–Kier alpha value is -0.520. The van der Waals surface area contributed by atoms with Crippen LogP contribution in [0.1, 0.15) is 39.5 Å². The van der Waals surface area contributed by atoms with E-state index in [0.717, 1.165) is 0 Å². The summed E-state index contributed by atoms with van der Waals surface area (Å²) in [5, 5.41) is 0. The van der Waals surface area contributed by atoms with Crippen LogP contribution in [-0.2, 0) is 0 Å². The van der Waals surface area contributed by atoms with Gasteiger partial charge in [-0.25, -0.2) is 0 Å². The molecule has 0 fully saturated rings. The number of allylic oxidation sites excluding steroid dienone is 4. The lowest BCUT2D eigenvalue weighted by molar-refractivity contribution is 0.875. The second-order valence-corrected chi connectivity index (χ2v) is 3.18. The summed E-state index contributed by atoms with van der Waals surface area (Å²) in [5.41, 5.74) is 3.12.